The van der Waals surface area contributed by atoms with E-state index in [1.54, 1.807) is 0 Å². The molecule has 0 aromatic heterocycles. The number of hydrogen-bond donors (Lipinski definition) is 2. The summed E-state index contributed by atoms with van der Waals surface area (Å²) in [7, 11) is 2.17. The van der Waals surface area contributed by atoms with Crippen molar-refractivity contribution in [3.8, 4) is 0 Å². The van der Waals surface area contributed by atoms with Crippen LogP contribution in [0.2, 0.25) is 0 Å². The van der Waals surface area contributed by atoms with Gasteiger partial charge < -0.3 is 15.3 Å². The van der Waals surface area contributed by atoms with E-state index in [0.717, 1.165) is 19.5 Å². The second-order valence-electron chi connectivity index (χ2n) is 5.74. The fourth-order valence-corrected chi connectivity index (χ4v) is 2.73. The molecule has 0 radical (unpaired) electrons. The molecule has 0 aliphatic carbocycles. The van der Waals surface area contributed by atoms with Gasteiger partial charge in [-0.25, -0.2) is 0 Å². The van der Waals surface area contributed by atoms with Gasteiger partial charge >= 0.3 is 0 Å². The lowest BCUT2D eigenvalue weighted by Crippen LogP contribution is -2.25. The van der Waals surface area contributed by atoms with Gasteiger partial charge in [-0.2, -0.15) is 0 Å². The van der Waals surface area contributed by atoms with Gasteiger partial charge in [0.2, 0.25) is 0 Å². The molecule has 0 saturated carbocycles. The molecule has 1 heterocycles. The van der Waals surface area contributed by atoms with Crippen molar-refractivity contribution >= 4 is 5.69 Å². The monoisotopic (exact) mass is 262 g/mol. The number of nitrogens with one attached hydrogen (secondary N) is 1. The van der Waals surface area contributed by atoms with Crippen molar-refractivity contribution < 1.29 is 5.11 Å². The molecular weight excluding hydrogens is 236 g/mol. The van der Waals surface area contributed by atoms with E-state index in [1.807, 2.05) is 0 Å². The zero-order valence-corrected chi connectivity index (χ0v) is 12.2. The highest BCUT2D eigenvalue weighted by atomic mass is 16.3. The smallest absolute Gasteiger partial charge is 0.0434 e. The van der Waals surface area contributed by atoms with Gasteiger partial charge in [0.05, 0.1) is 0 Å². The number of aliphatic hydroxyl groups is 1. The molecule has 1 aromatic carbocycles. The van der Waals surface area contributed by atoms with Gasteiger partial charge in [-0.15, -0.1) is 0 Å². The van der Waals surface area contributed by atoms with Crippen LogP contribution < -0.4 is 10.2 Å². The highest BCUT2D eigenvalue weighted by Crippen LogP contribution is 2.26. The van der Waals surface area contributed by atoms with Crippen LogP contribution >= 0.6 is 0 Å². The highest BCUT2D eigenvalue weighted by Gasteiger charge is 2.13. The minimum absolute atomic E-state index is 0.286. The molecular formula is C16H26N2O. The minimum atomic E-state index is 0.286. The SMILES string of the molecule is CC(CCO)CNCc1ccc2c(c1)CCCN2C. The van der Waals surface area contributed by atoms with Gasteiger partial charge in [-0.1, -0.05) is 19.1 Å². The molecule has 1 aliphatic rings. The van der Waals surface area contributed by atoms with Crippen molar-refractivity contribution in [1.82, 2.24) is 5.32 Å². The first kappa shape index (κ1) is 14.4. The molecule has 1 atom stereocenters. The van der Waals surface area contributed by atoms with Crippen LogP contribution in [-0.4, -0.2) is 31.9 Å². The third-order valence-corrected chi connectivity index (χ3v) is 3.94. The van der Waals surface area contributed by atoms with Gasteiger partial charge in [-0.3, -0.25) is 0 Å². The van der Waals surface area contributed by atoms with Crippen LogP contribution in [0.4, 0.5) is 5.69 Å². The summed E-state index contributed by atoms with van der Waals surface area (Å²) in [6.07, 6.45) is 3.34. The predicted octanol–water partition coefficient (Wildman–Crippen LogP) is 2.18. The molecule has 106 valence electrons. The molecule has 3 nitrogen and oxygen atoms in total. The van der Waals surface area contributed by atoms with Crippen molar-refractivity contribution in [3.05, 3.63) is 29.3 Å². The Morgan fingerprint density at radius 2 is 2.26 bits per heavy atom. The lowest BCUT2D eigenvalue weighted by atomic mass is 9.99. The first-order valence-corrected chi connectivity index (χ1v) is 7.35. The Kier molecular flexibility index (Phi) is 5.23. The summed E-state index contributed by atoms with van der Waals surface area (Å²) in [5, 5.41) is 12.4. The Bertz CT molecular complexity index is 406. The van der Waals surface area contributed by atoms with Crippen LogP contribution in [0.15, 0.2) is 18.2 Å². The summed E-state index contributed by atoms with van der Waals surface area (Å²) >= 11 is 0. The third kappa shape index (κ3) is 3.95. The number of rotatable bonds is 6. The maximum Gasteiger partial charge on any atom is 0.0434 e. The molecule has 0 fully saturated rings. The van der Waals surface area contributed by atoms with E-state index in [1.165, 1.54) is 36.2 Å². The largest absolute Gasteiger partial charge is 0.396 e. The Morgan fingerprint density at radius 1 is 1.42 bits per heavy atom. The van der Waals surface area contributed by atoms with E-state index < -0.39 is 0 Å². The lowest BCUT2D eigenvalue weighted by molar-refractivity contribution is 0.260. The second-order valence-corrected chi connectivity index (χ2v) is 5.74. The average molecular weight is 262 g/mol. The van der Waals surface area contributed by atoms with E-state index in [-0.39, 0.29) is 6.61 Å². The van der Waals surface area contributed by atoms with Gasteiger partial charge in [0.15, 0.2) is 0 Å². The summed E-state index contributed by atoms with van der Waals surface area (Å²) in [5.74, 6) is 0.536. The Labute approximate surface area is 116 Å². The maximum atomic E-state index is 8.88. The van der Waals surface area contributed by atoms with Crippen LogP contribution in [0.1, 0.15) is 30.9 Å². The van der Waals surface area contributed by atoms with Gasteiger partial charge in [0.1, 0.15) is 0 Å². The average Bonchev–Trinajstić information content (AvgIpc) is 2.39. The second kappa shape index (κ2) is 6.92. The molecule has 0 amide bonds. The Balaban J connectivity index is 1.88. The van der Waals surface area contributed by atoms with Crippen LogP contribution in [0.3, 0.4) is 0 Å². The molecule has 3 heteroatoms. The van der Waals surface area contributed by atoms with Crippen molar-refractivity contribution in [1.29, 1.82) is 0 Å². The van der Waals surface area contributed by atoms with Crippen LogP contribution in [-0.2, 0) is 13.0 Å². The summed E-state index contributed by atoms with van der Waals surface area (Å²) in [5.41, 5.74) is 4.24. The van der Waals surface area contributed by atoms with Crippen molar-refractivity contribution in [3.63, 3.8) is 0 Å². The fourth-order valence-electron chi connectivity index (χ4n) is 2.73. The molecule has 2 rings (SSSR count). The maximum absolute atomic E-state index is 8.88. The van der Waals surface area contributed by atoms with Crippen LogP contribution in [0.5, 0.6) is 0 Å². The Morgan fingerprint density at radius 3 is 3.05 bits per heavy atom. The normalized spacial score (nSPS) is 16.3. The summed E-state index contributed by atoms with van der Waals surface area (Å²) in [6, 6.07) is 6.82. The standard InChI is InChI=1S/C16H26N2O/c1-13(7-9-19)11-17-12-14-5-6-16-15(10-14)4-3-8-18(16)2/h5-6,10,13,17,19H,3-4,7-9,11-12H2,1-2H3. The summed E-state index contributed by atoms with van der Waals surface area (Å²) < 4.78 is 0. The quantitative estimate of drug-likeness (QED) is 0.825. The first-order chi connectivity index (χ1) is 9.20. The molecule has 2 N–H and O–H groups in total. The zero-order chi connectivity index (χ0) is 13.7. The molecule has 0 saturated heterocycles. The number of anilines is 1. The highest BCUT2D eigenvalue weighted by molar-refractivity contribution is 5.56. The third-order valence-electron chi connectivity index (χ3n) is 3.94. The Hall–Kier alpha value is -1.06. The molecule has 1 aromatic rings. The number of nitrogens with zero attached hydrogens (tertiary/aromatic N) is 1. The van der Waals surface area contributed by atoms with Crippen molar-refractivity contribution in [2.75, 3.05) is 31.6 Å². The number of benzene rings is 1. The van der Waals surface area contributed by atoms with Crippen LogP contribution in [0.25, 0.3) is 0 Å². The van der Waals surface area contributed by atoms with Gasteiger partial charge in [0.25, 0.3) is 0 Å². The molecule has 19 heavy (non-hydrogen) atoms. The summed E-state index contributed by atoms with van der Waals surface area (Å²) in [6.45, 7) is 5.52. The molecule has 1 aliphatic heterocycles. The topological polar surface area (TPSA) is 35.5 Å². The van der Waals surface area contributed by atoms with Crippen LogP contribution in [0, 0.1) is 5.92 Å². The van der Waals surface area contributed by atoms with Gasteiger partial charge in [-0.05, 0) is 48.9 Å². The van der Waals surface area contributed by atoms with E-state index >= 15 is 0 Å². The zero-order valence-electron chi connectivity index (χ0n) is 12.2. The molecule has 0 spiro atoms. The first-order valence-electron chi connectivity index (χ1n) is 7.35. The van der Waals surface area contributed by atoms with Crippen molar-refractivity contribution in [2.24, 2.45) is 5.92 Å². The summed E-state index contributed by atoms with van der Waals surface area (Å²) in [4.78, 5) is 2.35. The number of hydrogen-bond acceptors (Lipinski definition) is 3. The predicted molar refractivity (Wildman–Crippen MR) is 80.6 cm³/mol. The van der Waals surface area contributed by atoms with E-state index in [9.17, 15) is 0 Å². The van der Waals surface area contributed by atoms with Gasteiger partial charge in [0, 0.05) is 32.4 Å². The molecule has 1 unspecified atom stereocenters. The minimum Gasteiger partial charge on any atom is -0.396 e. The molecule has 0 bridgehead atoms. The van der Waals surface area contributed by atoms with E-state index in [0.29, 0.717) is 5.92 Å². The number of fused-ring (bicyclic) bond motifs is 1. The number of aryl methyl sites for hydroxylation is 1. The van der Waals surface area contributed by atoms with E-state index in [2.05, 4.69) is 42.4 Å². The van der Waals surface area contributed by atoms with Crippen molar-refractivity contribution in [2.45, 2.75) is 32.7 Å². The number of aliphatic hydroxyl groups excluding tert-OH is 1. The lowest BCUT2D eigenvalue weighted by Gasteiger charge is -2.28. The fraction of sp³-hybridized carbons (Fsp3) is 0.625. The van der Waals surface area contributed by atoms with E-state index in [4.69, 9.17) is 5.11 Å².